The second-order valence-corrected chi connectivity index (χ2v) is 5.57. The number of nitrogens with two attached hydrogens (primary N) is 1. The highest BCUT2D eigenvalue weighted by Crippen LogP contribution is 2.14. The van der Waals surface area contributed by atoms with Gasteiger partial charge in [0.2, 0.25) is 0 Å². The highest BCUT2D eigenvalue weighted by molar-refractivity contribution is 5.64. The highest BCUT2D eigenvalue weighted by atomic mass is 16.5. The van der Waals surface area contributed by atoms with Crippen LogP contribution in [0.15, 0.2) is 24.3 Å². The van der Waals surface area contributed by atoms with Crippen molar-refractivity contribution in [1.82, 2.24) is 0 Å². The average Bonchev–Trinajstić information content (AvgIpc) is 2.52. The van der Waals surface area contributed by atoms with E-state index >= 15 is 0 Å². The van der Waals surface area contributed by atoms with Crippen LogP contribution >= 0.6 is 0 Å². The molecule has 0 saturated carbocycles. The summed E-state index contributed by atoms with van der Waals surface area (Å²) in [5.74, 6) is 0.853. The van der Waals surface area contributed by atoms with Crippen LogP contribution in [0.2, 0.25) is 0 Å². The van der Waals surface area contributed by atoms with Gasteiger partial charge in [-0.3, -0.25) is 0 Å². The summed E-state index contributed by atoms with van der Waals surface area (Å²) >= 11 is 0. The minimum atomic E-state index is -0.755. The lowest BCUT2D eigenvalue weighted by molar-refractivity contribution is 0.150. The number of hydrogen-bond donors (Lipinski definition) is 1. The summed E-state index contributed by atoms with van der Waals surface area (Å²) in [5, 5.41) is 0. The molecule has 1 aromatic rings. The van der Waals surface area contributed by atoms with E-state index in [9.17, 15) is 4.79 Å². The molecule has 0 unspecified atom stereocenters. The van der Waals surface area contributed by atoms with Crippen LogP contribution in [0.3, 0.4) is 0 Å². The van der Waals surface area contributed by atoms with Crippen molar-refractivity contribution in [3.63, 3.8) is 0 Å². The van der Waals surface area contributed by atoms with Crippen molar-refractivity contribution in [2.24, 2.45) is 5.73 Å². The zero-order valence-electron chi connectivity index (χ0n) is 13.7. The molecule has 124 valence electrons. The lowest BCUT2D eigenvalue weighted by Gasteiger charge is -2.07. The Hall–Kier alpha value is -1.71. The Kier molecular flexibility index (Phi) is 9.92. The number of hydrogen-bond acceptors (Lipinski definition) is 3. The first-order chi connectivity index (χ1) is 10.7. The van der Waals surface area contributed by atoms with E-state index in [2.05, 4.69) is 6.92 Å². The summed E-state index contributed by atoms with van der Waals surface area (Å²) in [6.45, 7) is 3.20. The summed E-state index contributed by atoms with van der Waals surface area (Å²) < 4.78 is 10.4. The number of carbonyl (C=O) groups excluding carboxylic acids is 1. The van der Waals surface area contributed by atoms with Gasteiger partial charge in [-0.05, 0) is 24.1 Å². The Morgan fingerprint density at radius 2 is 1.55 bits per heavy atom. The third kappa shape index (κ3) is 9.27. The molecule has 1 rings (SSSR count). The maximum atomic E-state index is 10.5. The Balaban J connectivity index is 2.04. The van der Waals surface area contributed by atoms with Gasteiger partial charge in [-0.1, -0.05) is 64.0 Å². The van der Waals surface area contributed by atoms with Crippen molar-refractivity contribution in [1.29, 1.82) is 0 Å². The van der Waals surface area contributed by atoms with Gasteiger partial charge in [0.25, 0.3) is 0 Å². The molecule has 22 heavy (non-hydrogen) atoms. The van der Waals surface area contributed by atoms with Crippen molar-refractivity contribution in [2.75, 3.05) is 6.61 Å². The van der Waals surface area contributed by atoms with Gasteiger partial charge in [0.05, 0.1) is 6.61 Å². The molecule has 1 aromatic carbocycles. The van der Waals surface area contributed by atoms with Gasteiger partial charge in [0.1, 0.15) is 12.4 Å². The van der Waals surface area contributed by atoms with Crippen LogP contribution in [-0.2, 0) is 11.3 Å². The zero-order chi connectivity index (χ0) is 16.0. The molecule has 0 radical (unpaired) electrons. The summed E-state index contributed by atoms with van der Waals surface area (Å²) in [6.07, 6.45) is 9.63. The van der Waals surface area contributed by atoms with Crippen LogP contribution in [0.5, 0.6) is 5.75 Å². The maximum Gasteiger partial charge on any atom is 0.404 e. The third-order valence-electron chi connectivity index (χ3n) is 3.57. The molecule has 2 N–H and O–H groups in total. The second-order valence-electron chi connectivity index (χ2n) is 5.57. The van der Waals surface area contributed by atoms with Gasteiger partial charge < -0.3 is 15.2 Å². The van der Waals surface area contributed by atoms with E-state index in [-0.39, 0.29) is 6.61 Å². The van der Waals surface area contributed by atoms with Crippen molar-refractivity contribution in [3.8, 4) is 5.75 Å². The topological polar surface area (TPSA) is 61.6 Å². The SMILES string of the molecule is CCCCCCCCCCOc1ccc(COC(N)=O)cc1. The van der Waals surface area contributed by atoms with Crippen LogP contribution in [0, 0.1) is 0 Å². The largest absolute Gasteiger partial charge is 0.494 e. The van der Waals surface area contributed by atoms with Crippen LogP contribution < -0.4 is 10.5 Å². The number of ether oxygens (including phenoxy) is 2. The molecule has 0 saturated heterocycles. The predicted molar refractivity (Wildman–Crippen MR) is 88.9 cm³/mol. The summed E-state index contributed by atoms with van der Waals surface area (Å²) in [7, 11) is 0. The van der Waals surface area contributed by atoms with Crippen LogP contribution in [0.25, 0.3) is 0 Å². The number of primary amides is 1. The number of carbonyl (C=O) groups is 1. The molecule has 0 atom stereocenters. The number of unbranched alkanes of at least 4 members (excludes halogenated alkanes) is 7. The Bertz CT molecular complexity index is 403. The van der Waals surface area contributed by atoms with Crippen LogP contribution in [-0.4, -0.2) is 12.7 Å². The summed E-state index contributed by atoms with van der Waals surface area (Å²) in [6, 6.07) is 7.55. The van der Waals surface area contributed by atoms with E-state index < -0.39 is 6.09 Å². The minimum Gasteiger partial charge on any atom is -0.494 e. The summed E-state index contributed by atoms with van der Waals surface area (Å²) in [5.41, 5.74) is 5.83. The fourth-order valence-electron chi connectivity index (χ4n) is 2.26. The fourth-order valence-corrected chi connectivity index (χ4v) is 2.26. The van der Waals surface area contributed by atoms with Crippen molar-refractivity contribution in [2.45, 2.75) is 64.9 Å². The lowest BCUT2D eigenvalue weighted by atomic mass is 10.1. The summed E-state index contributed by atoms with van der Waals surface area (Å²) in [4.78, 5) is 10.5. The van der Waals surface area contributed by atoms with E-state index in [0.29, 0.717) is 0 Å². The van der Waals surface area contributed by atoms with Crippen LogP contribution in [0.4, 0.5) is 4.79 Å². The monoisotopic (exact) mass is 307 g/mol. The van der Waals surface area contributed by atoms with Gasteiger partial charge in [-0.15, -0.1) is 0 Å². The first-order valence-electron chi connectivity index (χ1n) is 8.36. The van der Waals surface area contributed by atoms with E-state index in [1.807, 2.05) is 24.3 Å². The zero-order valence-corrected chi connectivity index (χ0v) is 13.7. The van der Waals surface area contributed by atoms with Crippen LogP contribution in [0.1, 0.15) is 63.9 Å². The smallest absolute Gasteiger partial charge is 0.404 e. The predicted octanol–water partition coefficient (Wildman–Crippen LogP) is 4.80. The maximum absolute atomic E-state index is 10.5. The van der Waals surface area contributed by atoms with E-state index in [1.165, 1.54) is 44.9 Å². The van der Waals surface area contributed by atoms with E-state index in [1.54, 1.807) is 0 Å². The fraction of sp³-hybridized carbons (Fsp3) is 0.611. The van der Waals surface area contributed by atoms with Gasteiger partial charge in [0.15, 0.2) is 0 Å². The van der Waals surface area contributed by atoms with Gasteiger partial charge in [-0.2, -0.15) is 0 Å². The van der Waals surface area contributed by atoms with Crippen molar-refractivity contribution in [3.05, 3.63) is 29.8 Å². The third-order valence-corrected chi connectivity index (χ3v) is 3.57. The molecule has 0 aromatic heterocycles. The molecule has 4 nitrogen and oxygen atoms in total. The highest BCUT2D eigenvalue weighted by Gasteiger charge is 1.99. The number of amides is 1. The standard InChI is InChI=1S/C18H29NO3/c1-2-3-4-5-6-7-8-9-14-21-17-12-10-16(11-13-17)15-22-18(19)20/h10-13H,2-9,14-15H2,1H3,(H2,19,20). The quantitative estimate of drug-likeness (QED) is 0.564. The van der Waals surface area contributed by atoms with E-state index in [4.69, 9.17) is 15.2 Å². The molecular formula is C18H29NO3. The van der Waals surface area contributed by atoms with E-state index in [0.717, 1.165) is 24.3 Å². The molecular weight excluding hydrogens is 278 g/mol. The number of rotatable bonds is 12. The second kappa shape index (κ2) is 11.9. The lowest BCUT2D eigenvalue weighted by Crippen LogP contribution is -2.12. The molecule has 0 heterocycles. The normalized spacial score (nSPS) is 10.4. The molecule has 0 bridgehead atoms. The molecule has 4 heteroatoms. The van der Waals surface area contributed by atoms with Crippen molar-refractivity contribution >= 4 is 6.09 Å². The average molecular weight is 307 g/mol. The Labute approximate surface area is 134 Å². The molecule has 0 fully saturated rings. The molecule has 0 aliphatic rings. The van der Waals surface area contributed by atoms with Gasteiger partial charge in [-0.25, -0.2) is 4.79 Å². The number of benzene rings is 1. The first kappa shape index (κ1) is 18.3. The minimum absolute atomic E-state index is 0.202. The van der Waals surface area contributed by atoms with Gasteiger partial charge >= 0.3 is 6.09 Å². The van der Waals surface area contributed by atoms with Crippen molar-refractivity contribution < 1.29 is 14.3 Å². The molecule has 0 spiro atoms. The van der Waals surface area contributed by atoms with Gasteiger partial charge in [0, 0.05) is 0 Å². The Morgan fingerprint density at radius 3 is 2.14 bits per heavy atom. The Morgan fingerprint density at radius 1 is 0.955 bits per heavy atom. The molecule has 0 aliphatic heterocycles. The first-order valence-corrected chi connectivity index (χ1v) is 8.36. The molecule has 0 aliphatic carbocycles. The molecule has 1 amide bonds.